The van der Waals surface area contributed by atoms with E-state index >= 15 is 0 Å². The third-order valence-electron chi connectivity index (χ3n) is 4.16. The van der Waals surface area contributed by atoms with Crippen LogP contribution in [-0.4, -0.2) is 53.5 Å². The molecule has 0 aromatic rings. The summed E-state index contributed by atoms with van der Waals surface area (Å²) in [4.78, 5) is 24.5. The number of amides is 1. The second kappa shape index (κ2) is 5.83. The molecule has 0 aromatic heterocycles. The largest absolute Gasteiger partial charge is 0.481 e. The smallest absolute Gasteiger partial charge is 0.410 e. The molecule has 2 rings (SSSR count). The lowest BCUT2D eigenvalue weighted by atomic mass is 9.76. The van der Waals surface area contributed by atoms with E-state index in [9.17, 15) is 9.59 Å². The Morgan fingerprint density at radius 1 is 1.33 bits per heavy atom. The van der Waals surface area contributed by atoms with Crippen LogP contribution < -0.4 is 0 Å². The van der Waals surface area contributed by atoms with Gasteiger partial charge in [-0.1, -0.05) is 0 Å². The van der Waals surface area contributed by atoms with Crippen LogP contribution in [0.3, 0.4) is 0 Å². The van der Waals surface area contributed by atoms with E-state index in [2.05, 4.69) is 0 Å². The zero-order valence-electron chi connectivity index (χ0n) is 13.1. The first-order valence-corrected chi connectivity index (χ1v) is 7.50. The van der Waals surface area contributed by atoms with Crippen molar-refractivity contribution < 1.29 is 24.2 Å². The molecular formula is C15H25NO5. The highest BCUT2D eigenvalue weighted by Crippen LogP contribution is 2.42. The molecule has 0 aliphatic carbocycles. The minimum Gasteiger partial charge on any atom is -0.481 e. The van der Waals surface area contributed by atoms with Crippen LogP contribution in [0.1, 0.15) is 46.5 Å². The number of hydrogen-bond acceptors (Lipinski definition) is 4. The molecule has 1 spiro atoms. The van der Waals surface area contributed by atoms with Gasteiger partial charge < -0.3 is 19.5 Å². The molecule has 0 saturated carbocycles. The second-order valence-corrected chi connectivity index (χ2v) is 7.20. The molecule has 21 heavy (non-hydrogen) atoms. The zero-order chi connectivity index (χ0) is 15.7. The normalized spacial score (nSPS) is 25.1. The molecular weight excluding hydrogens is 274 g/mol. The molecule has 1 N–H and O–H groups in total. The van der Waals surface area contributed by atoms with Crippen molar-refractivity contribution in [2.75, 3.05) is 19.7 Å². The van der Waals surface area contributed by atoms with Crippen molar-refractivity contribution in [2.24, 2.45) is 5.41 Å². The van der Waals surface area contributed by atoms with Gasteiger partial charge in [-0.2, -0.15) is 0 Å². The lowest BCUT2D eigenvalue weighted by molar-refractivity contribution is -0.139. The number of carboxylic acid groups (broad SMARTS) is 1. The summed E-state index contributed by atoms with van der Waals surface area (Å²) >= 11 is 0. The predicted octanol–water partition coefficient (Wildman–Crippen LogP) is 2.27. The van der Waals surface area contributed by atoms with Gasteiger partial charge in [0.25, 0.3) is 0 Å². The highest BCUT2D eigenvalue weighted by atomic mass is 16.6. The van der Waals surface area contributed by atoms with Gasteiger partial charge in [-0.15, -0.1) is 0 Å². The molecule has 6 heteroatoms. The second-order valence-electron chi connectivity index (χ2n) is 7.20. The molecule has 1 atom stereocenters. The van der Waals surface area contributed by atoms with E-state index in [0.29, 0.717) is 19.7 Å². The number of carbonyl (C=O) groups excluding carboxylic acids is 1. The topological polar surface area (TPSA) is 76.1 Å². The first-order chi connectivity index (χ1) is 9.69. The maximum absolute atomic E-state index is 12.0. The number of carbonyl (C=O) groups is 2. The maximum atomic E-state index is 12.0. The Morgan fingerprint density at radius 2 is 1.95 bits per heavy atom. The van der Waals surface area contributed by atoms with E-state index in [0.717, 1.165) is 19.3 Å². The lowest BCUT2D eigenvalue weighted by Gasteiger charge is -2.38. The molecule has 6 nitrogen and oxygen atoms in total. The molecule has 2 saturated heterocycles. The van der Waals surface area contributed by atoms with Crippen LogP contribution in [0.15, 0.2) is 0 Å². The van der Waals surface area contributed by atoms with Crippen molar-refractivity contribution in [2.45, 2.75) is 58.2 Å². The quantitative estimate of drug-likeness (QED) is 0.846. The summed E-state index contributed by atoms with van der Waals surface area (Å²) in [5, 5.41) is 8.83. The third kappa shape index (κ3) is 4.33. The monoisotopic (exact) mass is 299 g/mol. The Hall–Kier alpha value is -1.30. The Bertz CT molecular complexity index is 407. The number of nitrogens with zero attached hydrogens (tertiary/aromatic N) is 1. The Labute approximate surface area is 125 Å². The van der Waals surface area contributed by atoms with E-state index in [-0.39, 0.29) is 24.0 Å². The highest BCUT2D eigenvalue weighted by Gasteiger charge is 2.44. The summed E-state index contributed by atoms with van der Waals surface area (Å²) < 4.78 is 11.0. The molecule has 2 heterocycles. The molecule has 2 aliphatic rings. The fourth-order valence-corrected chi connectivity index (χ4v) is 3.06. The van der Waals surface area contributed by atoms with Crippen LogP contribution in [0.5, 0.6) is 0 Å². The standard InChI is InChI=1S/C15H25NO5/c1-14(2,3)21-13(19)16-6-4-15(5-7-16)9-11(20-10-15)8-12(17)18/h11H,4-10H2,1-3H3,(H,17,18). The number of hydrogen-bond donors (Lipinski definition) is 1. The molecule has 0 aromatic carbocycles. The van der Waals surface area contributed by atoms with Crippen LogP contribution in [0, 0.1) is 5.41 Å². The molecule has 1 unspecified atom stereocenters. The molecule has 2 aliphatic heterocycles. The van der Waals surface area contributed by atoms with Gasteiger partial charge >= 0.3 is 12.1 Å². The summed E-state index contributed by atoms with van der Waals surface area (Å²) in [6, 6.07) is 0. The van der Waals surface area contributed by atoms with Gasteiger partial charge in [0, 0.05) is 13.1 Å². The van der Waals surface area contributed by atoms with Gasteiger partial charge in [0.15, 0.2) is 0 Å². The fraction of sp³-hybridized carbons (Fsp3) is 0.867. The van der Waals surface area contributed by atoms with E-state index in [4.69, 9.17) is 14.6 Å². The SMILES string of the molecule is CC(C)(C)OC(=O)N1CCC2(CC1)COC(CC(=O)O)C2. The van der Waals surface area contributed by atoms with Gasteiger partial charge in [0.1, 0.15) is 5.60 Å². The molecule has 0 bridgehead atoms. The molecule has 0 radical (unpaired) electrons. The lowest BCUT2D eigenvalue weighted by Crippen LogP contribution is -2.45. The summed E-state index contributed by atoms with van der Waals surface area (Å²) in [7, 11) is 0. The predicted molar refractivity (Wildman–Crippen MR) is 76.1 cm³/mol. The van der Waals surface area contributed by atoms with Crippen molar-refractivity contribution in [1.82, 2.24) is 4.90 Å². The van der Waals surface area contributed by atoms with Crippen molar-refractivity contribution in [3.63, 3.8) is 0 Å². The van der Waals surface area contributed by atoms with Gasteiger partial charge in [0.2, 0.25) is 0 Å². The molecule has 120 valence electrons. The summed E-state index contributed by atoms with van der Waals surface area (Å²) in [5.41, 5.74) is -0.437. The van der Waals surface area contributed by atoms with Crippen molar-refractivity contribution in [3.05, 3.63) is 0 Å². The number of likely N-dealkylation sites (tertiary alicyclic amines) is 1. The fourth-order valence-electron chi connectivity index (χ4n) is 3.06. The van der Waals surface area contributed by atoms with Crippen molar-refractivity contribution in [3.8, 4) is 0 Å². The summed E-state index contributed by atoms with van der Waals surface area (Å²) in [6.45, 7) is 7.48. The van der Waals surface area contributed by atoms with E-state index in [1.54, 1.807) is 4.90 Å². The maximum Gasteiger partial charge on any atom is 0.410 e. The number of ether oxygens (including phenoxy) is 2. The summed E-state index contributed by atoms with van der Waals surface area (Å²) in [6.07, 6.45) is 2.10. The van der Waals surface area contributed by atoms with E-state index in [1.807, 2.05) is 20.8 Å². The first kappa shape index (κ1) is 16.1. The number of aliphatic carboxylic acids is 1. The van der Waals surface area contributed by atoms with Crippen LogP contribution in [0.25, 0.3) is 0 Å². The number of piperidine rings is 1. The number of rotatable bonds is 2. The van der Waals surface area contributed by atoms with E-state index < -0.39 is 11.6 Å². The van der Waals surface area contributed by atoms with E-state index in [1.165, 1.54) is 0 Å². The van der Waals surface area contributed by atoms with Gasteiger partial charge in [0.05, 0.1) is 19.1 Å². The van der Waals surface area contributed by atoms with Crippen LogP contribution in [0.2, 0.25) is 0 Å². The Morgan fingerprint density at radius 3 is 2.48 bits per heavy atom. The minimum atomic E-state index is -0.816. The van der Waals surface area contributed by atoms with Gasteiger partial charge in [-0.25, -0.2) is 4.79 Å². The Balaban J connectivity index is 1.83. The average molecular weight is 299 g/mol. The van der Waals surface area contributed by atoms with Crippen molar-refractivity contribution >= 4 is 12.1 Å². The minimum absolute atomic E-state index is 0.0403. The first-order valence-electron chi connectivity index (χ1n) is 7.50. The van der Waals surface area contributed by atoms with Crippen molar-refractivity contribution in [1.29, 1.82) is 0 Å². The summed E-state index contributed by atoms with van der Waals surface area (Å²) in [5.74, 6) is -0.816. The van der Waals surface area contributed by atoms with Gasteiger partial charge in [-0.05, 0) is 45.4 Å². The number of carboxylic acids is 1. The zero-order valence-corrected chi connectivity index (χ0v) is 13.1. The van der Waals surface area contributed by atoms with Crippen LogP contribution >= 0.6 is 0 Å². The Kier molecular flexibility index (Phi) is 4.46. The van der Waals surface area contributed by atoms with Gasteiger partial charge in [-0.3, -0.25) is 4.79 Å². The molecule has 2 fully saturated rings. The highest BCUT2D eigenvalue weighted by molar-refractivity contribution is 5.68. The average Bonchev–Trinajstić information content (AvgIpc) is 2.70. The van der Waals surface area contributed by atoms with Crippen LogP contribution in [0.4, 0.5) is 4.79 Å². The third-order valence-corrected chi connectivity index (χ3v) is 4.16. The van der Waals surface area contributed by atoms with Crippen LogP contribution in [-0.2, 0) is 14.3 Å². The molecule has 1 amide bonds.